The number of amides is 1. The third kappa shape index (κ3) is 6.54. The van der Waals surface area contributed by atoms with Crippen molar-refractivity contribution in [2.24, 2.45) is 0 Å². The number of cyclic esters (lactones) is 2. The van der Waals surface area contributed by atoms with E-state index in [2.05, 4.69) is 33.7 Å². The SMILES string of the molecule is C=CCN(C)C[C@H]1OC(c2cccc(NC(=O)c3ccc4c(c3)C(=O)OC4=O)c2)O[C@@H](c2ccc(CO)cc2)[C@@H]1c1ccccc1. The van der Waals surface area contributed by atoms with Crippen LogP contribution < -0.4 is 5.32 Å². The van der Waals surface area contributed by atoms with E-state index in [1.807, 2.05) is 67.7 Å². The standard InChI is InChI=1S/C37H34N2O7/c1-3-18-39(2)21-31-32(24-8-5-4-6-9-24)33(25-14-12-23(22-40)13-15-25)45-37(44-31)27-10-7-11-28(19-27)38-34(41)26-16-17-29-30(20-26)36(43)46-35(29)42/h3-17,19-20,31-33,37,40H,1,18,21-22H2,2H3,(H,38,41)/t31-,32-,33+,37?/m1/s1. The molecule has 0 spiro atoms. The third-order valence-electron chi connectivity index (χ3n) is 8.23. The molecule has 2 N–H and O–H groups in total. The monoisotopic (exact) mass is 618 g/mol. The summed E-state index contributed by atoms with van der Waals surface area (Å²) in [6, 6.07) is 29.4. The quantitative estimate of drug-likeness (QED) is 0.130. The van der Waals surface area contributed by atoms with E-state index in [0.717, 1.165) is 16.7 Å². The van der Waals surface area contributed by atoms with E-state index in [4.69, 9.17) is 9.47 Å². The van der Waals surface area contributed by atoms with Gasteiger partial charge < -0.3 is 29.5 Å². The van der Waals surface area contributed by atoms with Crippen LogP contribution in [0.4, 0.5) is 5.69 Å². The van der Waals surface area contributed by atoms with Crippen molar-refractivity contribution in [1.29, 1.82) is 0 Å². The van der Waals surface area contributed by atoms with Crippen LogP contribution in [0.2, 0.25) is 0 Å². The highest BCUT2D eigenvalue weighted by atomic mass is 16.7. The number of fused-ring (bicyclic) bond motifs is 1. The summed E-state index contributed by atoms with van der Waals surface area (Å²) in [6.45, 7) is 5.12. The van der Waals surface area contributed by atoms with E-state index in [0.29, 0.717) is 24.3 Å². The predicted octanol–water partition coefficient (Wildman–Crippen LogP) is 5.80. The smallest absolute Gasteiger partial charge is 0.346 e. The molecule has 0 bridgehead atoms. The number of aliphatic hydroxyl groups is 1. The Morgan fingerprint density at radius 1 is 0.870 bits per heavy atom. The second kappa shape index (κ2) is 13.6. The summed E-state index contributed by atoms with van der Waals surface area (Å²) < 4.78 is 18.1. The second-order valence-electron chi connectivity index (χ2n) is 11.4. The Hall–Kier alpha value is -4.93. The molecule has 0 aliphatic carbocycles. The van der Waals surface area contributed by atoms with Gasteiger partial charge in [-0.1, -0.05) is 72.8 Å². The number of hydrogen-bond acceptors (Lipinski definition) is 8. The number of esters is 2. The first kappa shape index (κ1) is 31.1. The number of likely N-dealkylation sites (N-methyl/N-ethyl adjacent to an activating group) is 1. The molecule has 0 saturated carbocycles. The fourth-order valence-electron chi connectivity index (χ4n) is 5.96. The largest absolute Gasteiger partial charge is 0.392 e. The molecule has 1 fully saturated rings. The highest BCUT2D eigenvalue weighted by molar-refractivity contribution is 6.16. The van der Waals surface area contributed by atoms with E-state index in [1.165, 1.54) is 18.2 Å². The van der Waals surface area contributed by atoms with Crippen molar-refractivity contribution >= 4 is 23.5 Å². The highest BCUT2D eigenvalue weighted by Crippen LogP contribution is 2.47. The molecular weight excluding hydrogens is 584 g/mol. The highest BCUT2D eigenvalue weighted by Gasteiger charge is 2.42. The van der Waals surface area contributed by atoms with Gasteiger partial charge in [0.05, 0.1) is 29.9 Å². The number of nitrogens with zero attached hydrogens (tertiary/aromatic N) is 1. The number of aliphatic hydroxyl groups excluding tert-OH is 1. The van der Waals surface area contributed by atoms with Gasteiger partial charge in [0.1, 0.15) is 0 Å². The maximum Gasteiger partial charge on any atom is 0.346 e. The number of carbonyl (C=O) groups excluding carboxylic acids is 3. The van der Waals surface area contributed by atoms with Gasteiger partial charge in [-0.05, 0) is 54.1 Å². The van der Waals surface area contributed by atoms with Crippen LogP contribution in [0.15, 0.2) is 110 Å². The zero-order valence-electron chi connectivity index (χ0n) is 25.3. The molecule has 9 heteroatoms. The van der Waals surface area contributed by atoms with Gasteiger partial charge >= 0.3 is 11.9 Å². The van der Waals surface area contributed by atoms with Crippen molar-refractivity contribution in [3.05, 3.63) is 149 Å². The fraction of sp³-hybridized carbons (Fsp3) is 0.216. The minimum atomic E-state index is -0.772. The lowest BCUT2D eigenvalue weighted by Gasteiger charge is -2.44. The zero-order chi connectivity index (χ0) is 32.2. The summed E-state index contributed by atoms with van der Waals surface area (Å²) in [5, 5.41) is 12.5. The molecular formula is C37H34N2O7. The predicted molar refractivity (Wildman–Crippen MR) is 171 cm³/mol. The van der Waals surface area contributed by atoms with Gasteiger partial charge in [0.15, 0.2) is 6.29 Å². The molecule has 234 valence electrons. The van der Waals surface area contributed by atoms with Crippen molar-refractivity contribution in [2.45, 2.75) is 31.0 Å². The van der Waals surface area contributed by atoms with Crippen LogP contribution in [0.5, 0.6) is 0 Å². The average molecular weight is 619 g/mol. The molecule has 0 aromatic heterocycles. The lowest BCUT2D eigenvalue weighted by Crippen LogP contribution is -2.43. The van der Waals surface area contributed by atoms with Crippen LogP contribution in [0.1, 0.15) is 71.6 Å². The van der Waals surface area contributed by atoms with Gasteiger partial charge in [-0.25, -0.2) is 9.59 Å². The van der Waals surface area contributed by atoms with Crippen LogP contribution >= 0.6 is 0 Å². The van der Waals surface area contributed by atoms with E-state index in [9.17, 15) is 19.5 Å². The normalized spacial score (nSPS) is 20.7. The average Bonchev–Trinajstić information content (AvgIpc) is 3.37. The summed E-state index contributed by atoms with van der Waals surface area (Å²) >= 11 is 0. The summed E-state index contributed by atoms with van der Waals surface area (Å²) in [6.07, 6.45) is 0.430. The Kier molecular flexibility index (Phi) is 9.18. The molecule has 1 unspecified atom stereocenters. The Labute approximate surface area is 267 Å². The van der Waals surface area contributed by atoms with Crippen LogP contribution in [-0.2, 0) is 20.8 Å². The van der Waals surface area contributed by atoms with Crippen LogP contribution in [0.25, 0.3) is 0 Å². The summed E-state index contributed by atoms with van der Waals surface area (Å²) in [5.74, 6) is -2.09. The first-order valence-electron chi connectivity index (χ1n) is 15.0. The molecule has 2 aliphatic rings. The molecule has 2 heterocycles. The number of benzene rings is 4. The summed E-state index contributed by atoms with van der Waals surface area (Å²) in [7, 11) is 2.02. The van der Waals surface area contributed by atoms with Crippen LogP contribution in [0.3, 0.4) is 0 Å². The molecule has 1 amide bonds. The minimum absolute atomic E-state index is 0.0548. The lowest BCUT2D eigenvalue weighted by molar-refractivity contribution is -0.263. The summed E-state index contributed by atoms with van der Waals surface area (Å²) in [5.41, 5.74) is 4.46. The second-order valence-corrected chi connectivity index (χ2v) is 11.4. The fourth-order valence-corrected chi connectivity index (χ4v) is 5.96. The Morgan fingerprint density at radius 3 is 2.35 bits per heavy atom. The van der Waals surface area contributed by atoms with Gasteiger partial charge in [-0.3, -0.25) is 4.79 Å². The molecule has 4 atom stereocenters. The molecule has 4 aromatic carbocycles. The molecule has 4 aromatic rings. The topological polar surface area (TPSA) is 114 Å². The number of anilines is 1. The number of nitrogens with one attached hydrogen (secondary N) is 1. The Bertz CT molecular complexity index is 1760. The number of hydrogen-bond donors (Lipinski definition) is 2. The molecule has 0 radical (unpaired) electrons. The van der Waals surface area contributed by atoms with Crippen molar-refractivity contribution in [1.82, 2.24) is 4.90 Å². The molecule has 46 heavy (non-hydrogen) atoms. The van der Waals surface area contributed by atoms with E-state index >= 15 is 0 Å². The van der Waals surface area contributed by atoms with E-state index in [1.54, 1.807) is 12.1 Å². The zero-order valence-corrected chi connectivity index (χ0v) is 25.3. The lowest BCUT2D eigenvalue weighted by atomic mass is 9.83. The third-order valence-corrected chi connectivity index (χ3v) is 8.23. The van der Waals surface area contributed by atoms with Gasteiger partial charge in [0.25, 0.3) is 5.91 Å². The van der Waals surface area contributed by atoms with E-state index < -0.39 is 24.1 Å². The Balaban J connectivity index is 1.31. The number of carbonyl (C=O) groups is 3. The maximum atomic E-state index is 13.2. The van der Waals surface area contributed by atoms with Crippen molar-refractivity contribution in [2.75, 3.05) is 25.5 Å². The first-order chi connectivity index (χ1) is 22.3. The Morgan fingerprint density at radius 2 is 1.61 bits per heavy atom. The van der Waals surface area contributed by atoms with Gasteiger partial charge in [-0.15, -0.1) is 6.58 Å². The van der Waals surface area contributed by atoms with Crippen LogP contribution in [0, 0.1) is 0 Å². The van der Waals surface area contributed by atoms with Gasteiger partial charge in [0, 0.05) is 35.8 Å². The number of ether oxygens (including phenoxy) is 3. The molecule has 2 aliphatic heterocycles. The molecule has 9 nitrogen and oxygen atoms in total. The first-order valence-corrected chi connectivity index (χ1v) is 15.0. The molecule has 6 rings (SSSR count). The van der Waals surface area contributed by atoms with Gasteiger partial charge in [-0.2, -0.15) is 0 Å². The van der Waals surface area contributed by atoms with Crippen molar-refractivity contribution in [3.63, 3.8) is 0 Å². The van der Waals surface area contributed by atoms with Crippen molar-refractivity contribution in [3.8, 4) is 0 Å². The number of rotatable bonds is 10. The minimum Gasteiger partial charge on any atom is -0.392 e. The van der Waals surface area contributed by atoms with Crippen LogP contribution in [-0.4, -0.2) is 54.1 Å². The van der Waals surface area contributed by atoms with Gasteiger partial charge in [0.2, 0.25) is 0 Å². The van der Waals surface area contributed by atoms with Crippen molar-refractivity contribution < 1.29 is 33.7 Å². The summed E-state index contributed by atoms with van der Waals surface area (Å²) in [4.78, 5) is 39.1. The van der Waals surface area contributed by atoms with E-state index in [-0.39, 0.29) is 41.4 Å². The molecule has 1 saturated heterocycles. The maximum absolute atomic E-state index is 13.2.